The predicted octanol–water partition coefficient (Wildman–Crippen LogP) is 5.26. The molecule has 0 fully saturated rings. The highest BCUT2D eigenvalue weighted by atomic mass is 35.5. The number of nitrogens with one attached hydrogen (secondary N) is 1. The fourth-order valence-corrected chi connectivity index (χ4v) is 5.89. The Labute approximate surface area is 234 Å². The van der Waals surface area contributed by atoms with Crippen LogP contribution < -0.4 is 10.2 Å². The minimum absolute atomic E-state index is 0.117. The van der Waals surface area contributed by atoms with Crippen molar-refractivity contribution in [3.05, 3.63) is 101 Å². The number of nitrogens with zero attached hydrogens (tertiary/aromatic N) is 3. The summed E-state index contributed by atoms with van der Waals surface area (Å²) in [6.07, 6.45) is 0. The Morgan fingerprint density at radius 3 is 2.62 bits per heavy atom. The highest BCUT2D eigenvalue weighted by Crippen LogP contribution is 2.48. The topological polar surface area (TPSA) is 76.5 Å². The quantitative estimate of drug-likeness (QED) is 0.295. The molecule has 2 amide bonds. The van der Waals surface area contributed by atoms with Gasteiger partial charge in [0, 0.05) is 29.8 Å². The van der Waals surface area contributed by atoms with Crippen LogP contribution in [0.4, 0.5) is 10.2 Å². The maximum atomic E-state index is 13.9. The Hall–Kier alpha value is -3.66. The average Bonchev–Trinajstić information content (AvgIpc) is 3.27. The molecule has 1 aliphatic heterocycles. The minimum Gasteiger partial charge on any atom is -0.383 e. The van der Waals surface area contributed by atoms with Crippen molar-refractivity contribution in [1.29, 1.82) is 0 Å². The largest absolute Gasteiger partial charge is 0.383 e. The Kier molecular flexibility index (Phi) is 8.30. The van der Waals surface area contributed by atoms with E-state index in [1.807, 2.05) is 36.4 Å². The average molecular weight is 565 g/mol. The van der Waals surface area contributed by atoms with Crippen LogP contribution in [-0.4, -0.2) is 54.2 Å². The lowest BCUT2D eigenvalue weighted by atomic mass is 9.99. The first-order valence-electron chi connectivity index (χ1n) is 12.3. The molecule has 1 atom stereocenters. The Balaban J connectivity index is 1.75. The molecule has 7 nitrogen and oxygen atoms in total. The van der Waals surface area contributed by atoms with Crippen LogP contribution in [0, 0.1) is 5.82 Å². The molecule has 0 aliphatic carbocycles. The van der Waals surface area contributed by atoms with E-state index in [-0.39, 0.29) is 35.2 Å². The molecule has 10 heteroatoms. The molecular formula is C29H26ClFN4O3S. The molecule has 0 radical (unpaired) electrons. The fraction of sp³-hybridized carbons (Fsp3) is 0.207. The zero-order valence-corrected chi connectivity index (χ0v) is 22.7. The van der Waals surface area contributed by atoms with Gasteiger partial charge in [0.05, 0.1) is 29.0 Å². The van der Waals surface area contributed by atoms with Crippen molar-refractivity contribution in [3.8, 4) is 16.9 Å². The van der Waals surface area contributed by atoms with Gasteiger partial charge in [-0.15, -0.1) is 11.8 Å². The van der Waals surface area contributed by atoms with Gasteiger partial charge >= 0.3 is 0 Å². The first kappa shape index (κ1) is 26.9. The molecule has 5 rings (SSSR count). The van der Waals surface area contributed by atoms with Gasteiger partial charge in [-0.25, -0.2) is 9.07 Å². The van der Waals surface area contributed by atoms with Gasteiger partial charge in [-0.05, 0) is 35.9 Å². The summed E-state index contributed by atoms with van der Waals surface area (Å²) in [5.41, 5.74) is 3.73. The van der Waals surface area contributed by atoms with E-state index in [2.05, 4.69) is 5.32 Å². The van der Waals surface area contributed by atoms with Crippen LogP contribution in [0.15, 0.2) is 78.9 Å². The van der Waals surface area contributed by atoms with E-state index in [0.717, 1.165) is 16.7 Å². The standard InChI is InChI=1S/C29H26ClFN4O3S/c1-38-15-14-32-24(36)17-34-25(37)18-39-28(20-10-12-22(31)13-11-20)26-27(19-6-3-2-4-7-19)33-35(29(26)34)23-9-5-8-21(30)16-23/h2-13,16,28H,14-15,17-18H2,1H3,(H,32,36)/t28-/m0/s1. The monoisotopic (exact) mass is 564 g/mol. The molecule has 1 aliphatic rings. The number of hydrogen-bond donors (Lipinski definition) is 1. The number of aromatic nitrogens is 2. The number of rotatable bonds is 8. The molecule has 0 saturated carbocycles. The normalized spacial score (nSPS) is 15.1. The number of anilines is 1. The summed E-state index contributed by atoms with van der Waals surface area (Å²) in [5.74, 6) is -0.318. The lowest BCUT2D eigenvalue weighted by molar-refractivity contribution is -0.123. The first-order chi connectivity index (χ1) is 19.0. The number of thioether (sulfide) groups is 1. The second-order valence-corrected chi connectivity index (χ2v) is 10.4. The van der Waals surface area contributed by atoms with E-state index >= 15 is 0 Å². The zero-order valence-electron chi connectivity index (χ0n) is 21.1. The van der Waals surface area contributed by atoms with Gasteiger partial charge in [0.25, 0.3) is 0 Å². The number of hydrogen-bond acceptors (Lipinski definition) is 5. The third-order valence-electron chi connectivity index (χ3n) is 6.29. The smallest absolute Gasteiger partial charge is 0.240 e. The summed E-state index contributed by atoms with van der Waals surface area (Å²) < 4.78 is 20.6. The molecule has 3 aromatic carbocycles. The SMILES string of the molecule is COCCNC(=O)CN1C(=O)CS[C@@H](c2ccc(F)cc2)c2c(-c3ccccc3)nn(-c3cccc(Cl)c3)c21. The summed E-state index contributed by atoms with van der Waals surface area (Å²) in [4.78, 5) is 28.1. The van der Waals surface area contributed by atoms with Crippen LogP contribution in [-0.2, 0) is 14.3 Å². The number of carbonyl (C=O) groups excluding carboxylic acids is 2. The molecule has 0 unspecified atom stereocenters. The molecular weight excluding hydrogens is 539 g/mol. The van der Waals surface area contributed by atoms with Crippen LogP contribution in [0.5, 0.6) is 0 Å². The van der Waals surface area contributed by atoms with E-state index < -0.39 is 0 Å². The zero-order chi connectivity index (χ0) is 27.4. The molecule has 4 aromatic rings. The van der Waals surface area contributed by atoms with Crippen molar-refractivity contribution in [2.75, 3.05) is 37.5 Å². The highest BCUT2D eigenvalue weighted by Gasteiger charge is 2.37. The molecule has 0 spiro atoms. The van der Waals surface area contributed by atoms with Crippen molar-refractivity contribution >= 4 is 41.0 Å². The van der Waals surface area contributed by atoms with Crippen LogP contribution in [0.25, 0.3) is 16.9 Å². The lowest BCUT2D eigenvalue weighted by Gasteiger charge is -2.23. The number of methoxy groups -OCH3 is 1. The third-order valence-corrected chi connectivity index (χ3v) is 7.78. The summed E-state index contributed by atoms with van der Waals surface area (Å²) in [6, 6.07) is 23.1. The van der Waals surface area contributed by atoms with Crippen LogP contribution >= 0.6 is 23.4 Å². The van der Waals surface area contributed by atoms with E-state index in [1.54, 1.807) is 42.1 Å². The minimum atomic E-state index is -0.353. The molecule has 0 saturated heterocycles. The van der Waals surface area contributed by atoms with Gasteiger partial charge in [-0.3, -0.25) is 14.5 Å². The number of carbonyl (C=O) groups is 2. The van der Waals surface area contributed by atoms with Crippen molar-refractivity contribution in [2.24, 2.45) is 0 Å². The van der Waals surface area contributed by atoms with Crippen molar-refractivity contribution < 1.29 is 18.7 Å². The number of ether oxygens (including phenoxy) is 1. The Bertz CT molecular complexity index is 1480. The number of halogens is 2. The number of fused-ring (bicyclic) bond motifs is 1. The summed E-state index contributed by atoms with van der Waals surface area (Å²) >= 11 is 7.78. The van der Waals surface area contributed by atoms with Crippen LogP contribution in [0.1, 0.15) is 16.4 Å². The molecule has 2 heterocycles. The van der Waals surface area contributed by atoms with Gasteiger partial charge in [0.1, 0.15) is 18.2 Å². The van der Waals surface area contributed by atoms with E-state index in [0.29, 0.717) is 35.4 Å². The summed E-state index contributed by atoms with van der Waals surface area (Å²) in [6.45, 7) is 0.471. The summed E-state index contributed by atoms with van der Waals surface area (Å²) in [7, 11) is 1.55. The van der Waals surface area contributed by atoms with Crippen molar-refractivity contribution in [1.82, 2.24) is 15.1 Å². The van der Waals surface area contributed by atoms with E-state index in [9.17, 15) is 14.0 Å². The number of benzene rings is 3. The maximum Gasteiger partial charge on any atom is 0.240 e. The molecule has 200 valence electrons. The second-order valence-electron chi connectivity index (χ2n) is 8.91. The fourth-order valence-electron chi connectivity index (χ4n) is 4.51. The van der Waals surface area contributed by atoms with Crippen LogP contribution in [0.2, 0.25) is 5.02 Å². The Morgan fingerprint density at radius 2 is 1.90 bits per heavy atom. The van der Waals surface area contributed by atoms with E-state index in [4.69, 9.17) is 21.4 Å². The molecule has 39 heavy (non-hydrogen) atoms. The van der Waals surface area contributed by atoms with Gasteiger partial charge in [-0.1, -0.05) is 60.1 Å². The molecule has 0 bridgehead atoms. The molecule has 1 N–H and O–H groups in total. The lowest BCUT2D eigenvalue weighted by Crippen LogP contribution is -2.43. The van der Waals surface area contributed by atoms with Crippen LogP contribution in [0.3, 0.4) is 0 Å². The predicted molar refractivity (Wildman–Crippen MR) is 152 cm³/mol. The highest BCUT2D eigenvalue weighted by molar-refractivity contribution is 8.00. The maximum absolute atomic E-state index is 13.9. The molecule has 1 aromatic heterocycles. The Morgan fingerprint density at radius 1 is 1.13 bits per heavy atom. The second kappa shape index (κ2) is 12.0. The van der Waals surface area contributed by atoms with Crippen molar-refractivity contribution in [2.45, 2.75) is 5.25 Å². The number of amides is 2. The summed E-state index contributed by atoms with van der Waals surface area (Å²) in [5, 5.41) is 7.96. The van der Waals surface area contributed by atoms with Gasteiger partial charge in [0.15, 0.2) is 0 Å². The van der Waals surface area contributed by atoms with Gasteiger partial charge < -0.3 is 10.1 Å². The van der Waals surface area contributed by atoms with Crippen molar-refractivity contribution in [3.63, 3.8) is 0 Å². The third kappa shape index (κ3) is 5.85. The first-order valence-corrected chi connectivity index (χ1v) is 13.8. The van der Waals surface area contributed by atoms with Gasteiger partial charge in [-0.2, -0.15) is 5.10 Å². The van der Waals surface area contributed by atoms with Gasteiger partial charge in [0.2, 0.25) is 11.8 Å². The van der Waals surface area contributed by atoms with E-state index in [1.165, 1.54) is 28.8 Å².